The van der Waals surface area contributed by atoms with Crippen molar-refractivity contribution in [2.24, 2.45) is 0 Å². The predicted octanol–water partition coefficient (Wildman–Crippen LogP) is 1.73. The third kappa shape index (κ3) is 2.40. The Kier molecular flexibility index (Phi) is 3.43. The van der Waals surface area contributed by atoms with Gasteiger partial charge in [0.15, 0.2) is 0 Å². The summed E-state index contributed by atoms with van der Waals surface area (Å²) in [6.07, 6.45) is 1.81. The maximum Gasteiger partial charge on any atom is 0.242 e. The number of aromatic nitrogens is 2. The Bertz CT molecular complexity index is 653. The highest BCUT2D eigenvalue weighted by Crippen LogP contribution is 2.30. The molecule has 0 aliphatic carbocycles. The van der Waals surface area contributed by atoms with Crippen molar-refractivity contribution in [3.63, 3.8) is 0 Å². The molecule has 3 heterocycles. The summed E-state index contributed by atoms with van der Waals surface area (Å²) in [6.45, 7) is 2.80. The summed E-state index contributed by atoms with van der Waals surface area (Å²) in [5.74, 6) is 1.34. The van der Waals surface area contributed by atoms with E-state index in [1.165, 1.54) is 4.88 Å². The molecule has 0 radical (unpaired) electrons. The summed E-state index contributed by atoms with van der Waals surface area (Å²) in [5.41, 5.74) is 0. The van der Waals surface area contributed by atoms with Gasteiger partial charge in [0.1, 0.15) is 16.7 Å². The van der Waals surface area contributed by atoms with Crippen molar-refractivity contribution in [1.82, 2.24) is 15.3 Å². The molecule has 0 saturated carbocycles. The van der Waals surface area contributed by atoms with Gasteiger partial charge in [-0.15, -0.1) is 11.3 Å². The zero-order valence-electron chi connectivity index (χ0n) is 11.5. The van der Waals surface area contributed by atoms with Gasteiger partial charge in [-0.3, -0.25) is 4.79 Å². The Labute approximate surface area is 121 Å². The molecular weight excluding hydrogens is 274 g/mol. The van der Waals surface area contributed by atoms with Crippen LogP contribution in [0.3, 0.4) is 0 Å². The van der Waals surface area contributed by atoms with Crippen LogP contribution in [0.15, 0.2) is 6.07 Å². The number of piperidine rings is 1. The van der Waals surface area contributed by atoms with Gasteiger partial charge in [-0.05, 0) is 25.8 Å². The van der Waals surface area contributed by atoms with Crippen LogP contribution in [0.5, 0.6) is 0 Å². The molecule has 0 aromatic carbocycles. The maximum atomic E-state index is 11.9. The van der Waals surface area contributed by atoms with Gasteiger partial charge < -0.3 is 16.0 Å². The van der Waals surface area contributed by atoms with E-state index in [2.05, 4.69) is 32.0 Å². The Morgan fingerprint density at radius 1 is 1.45 bits per heavy atom. The summed E-state index contributed by atoms with van der Waals surface area (Å²) in [7, 11) is 1.79. The van der Waals surface area contributed by atoms with E-state index in [-0.39, 0.29) is 11.9 Å². The number of rotatable bonds is 3. The number of fused-ring (bicyclic) bond motifs is 1. The van der Waals surface area contributed by atoms with Crippen LogP contribution in [0.1, 0.15) is 17.7 Å². The number of carbonyl (C=O) groups excluding carboxylic acids is 1. The fourth-order valence-electron chi connectivity index (χ4n) is 2.34. The maximum absolute atomic E-state index is 11.9. The lowest BCUT2D eigenvalue weighted by Crippen LogP contribution is -2.44. The zero-order valence-corrected chi connectivity index (χ0v) is 12.3. The molecule has 1 atom stereocenters. The fraction of sp³-hybridized carbons (Fsp3) is 0.462. The smallest absolute Gasteiger partial charge is 0.242 e. The van der Waals surface area contributed by atoms with Gasteiger partial charge in [-0.1, -0.05) is 0 Å². The van der Waals surface area contributed by atoms with E-state index >= 15 is 0 Å². The third-order valence-corrected chi connectivity index (χ3v) is 4.28. The number of hydrogen-bond acceptors (Lipinski definition) is 6. The fourth-order valence-corrected chi connectivity index (χ4v) is 3.22. The molecule has 1 aliphatic rings. The number of thiophene rings is 1. The second kappa shape index (κ2) is 5.24. The van der Waals surface area contributed by atoms with Crippen molar-refractivity contribution in [3.8, 4) is 0 Å². The standard InChI is InChI=1S/C13H17N5OS/c1-7-6-8-10(16-9-4-3-5-15-11(9)19)17-13(14-2)18-12(8)20-7/h6,9H,3-5H2,1-2H3,(H,15,19)(H2,14,16,17,18). The van der Waals surface area contributed by atoms with Crippen molar-refractivity contribution in [1.29, 1.82) is 0 Å². The van der Waals surface area contributed by atoms with E-state index in [1.807, 2.05) is 6.92 Å². The number of hydrogen-bond donors (Lipinski definition) is 3. The molecule has 2 aromatic rings. The Morgan fingerprint density at radius 3 is 3.05 bits per heavy atom. The van der Waals surface area contributed by atoms with E-state index < -0.39 is 0 Å². The van der Waals surface area contributed by atoms with Crippen molar-refractivity contribution >= 4 is 39.2 Å². The van der Waals surface area contributed by atoms with Crippen LogP contribution in [0.25, 0.3) is 10.2 Å². The molecule has 20 heavy (non-hydrogen) atoms. The highest BCUT2D eigenvalue weighted by atomic mass is 32.1. The Balaban J connectivity index is 1.98. The second-order valence-electron chi connectivity index (χ2n) is 4.85. The first-order valence-corrected chi connectivity index (χ1v) is 7.49. The van der Waals surface area contributed by atoms with Gasteiger partial charge in [0.2, 0.25) is 11.9 Å². The lowest BCUT2D eigenvalue weighted by Gasteiger charge is -2.23. The molecule has 7 heteroatoms. The number of amides is 1. The quantitative estimate of drug-likeness (QED) is 0.802. The summed E-state index contributed by atoms with van der Waals surface area (Å²) < 4.78 is 0. The van der Waals surface area contributed by atoms with E-state index in [4.69, 9.17) is 0 Å². The van der Waals surface area contributed by atoms with E-state index in [9.17, 15) is 4.79 Å². The van der Waals surface area contributed by atoms with Gasteiger partial charge in [0.05, 0.1) is 5.39 Å². The topological polar surface area (TPSA) is 78.9 Å². The predicted molar refractivity (Wildman–Crippen MR) is 81.4 cm³/mol. The molecule has 1 amide bonds. The molecule has 2 aromatic heterocycles. The van der Waals surface area contributed by atoms with Gasteiger partial charge >= 0.3 is 0 Å². The lowest BCUT2D eigenvalue weighted by atomic mass is 10.1. The average Bonchev–Trinajstić information content (AvgIpc) is 2.81. The summed E-state index contributed by atoms with van der Waals surface area (Å²) in [5, 5.41) is 10.1. The van der Waals surface area contributed by atoms with Crippen LogP contribution in [0.2, 0.25) is 0 Å². The molecule has 0 bridgehead atoms. The van der Waals surface area contributed by atoms with Crippen LogP contribution < -0.4 is 16.0 Å². The van der Waals surface area contributed by atoms with E-state index in [0.29, 0.717) is 5.95 Å². The first-order chi connectivity index (χ1) is 9.67. The highest BCUT2D eigenvalue weighted by Gasteiger charge is 2.23. The number of anilines is 2. The molecule has 106 valence electrons. The molecule has 3 rings (SSSR count). The summed E-state index contributed by atoms with van der Waals surface area (Å²) in [4.78, 5) is 22.9. The van der Waals surface area contributed by atoms with Crippen LogP contribution in [0.4, 0.5) is 11.8 Å². The van der Waals surface area contributed by atoms with Crippen LogP contribution in [-0.4, -0.2) is 35.5 Å². The van der Waals surface area contributed by atoms with Gasteiger partial charge in [0.25, 0.3) is 0 Å². The highest BCUT2D eigenvalue weighted by molar-refractivity contribution is 7.18. The van der Waals surface area contributed by atoms with Crippen LogP contribution in [-0.2, 0) is 4.79 Å². The van der Waals surface area contributed by atoms with Gasteiger partial charge in [-0.25, -0.2) is 4.98 Å². The first-order valence-electron chi connectivity index (χ1n) is 6.67. The van der Waals surface area contributed by atoms with Crippen molar-refractivity contribution in [2.45, 2.75) is 25.8 Å². The van der Waals surface area contributed by atoms with Crippen LogP contribution in [0, 0.1) is 6.92 Å². The SMILES string of the molecule is CNc1nc(NC2CCCNC2=O)c2cc(C)sc2n1. The van der Waals surface area contributed by atoms with E-state index in [1.54, 1.807) is 18.4 Å². The molecule has 1 aliphatic heterocycles. The molecule has 3 N–H and O–H groups in total. The number of carbonyl (C=O) groups is 1. The minimum Gasteiger partial charge on any atom is -0.358 e. The third-order valence-electron chi connectivity index (χ3n) is 3.34. The van der Waals surface area contributed by atoms with Crippen molar-refractivity contribution in [2.75, 3.05) is 24.2 Å². The molecule has 1 saturated heterocycles. The number of nitrogens with one attached hydrogen (secondary N) is 3. The van der Waals surface area contributed by atoms with Crippen molar-refractivity contribution < 1.29 is 4.79 Å². The van der Waals surface area contributed by atoms with E-state index in [0.717, 1.165) is 35.4 Å². The second-order valence-corrected chi connectivity index (χ2v) is 6.09. The number of aryl methyl sites for hydroxylation is 1. The van der Waals surface area contributed by atoms with Gasteiger partial charge in [0, 0.05) is 18.5 Å². The first kappa shape index (κ1) is 13.1. The number of nitrogens with zero attached hydrogens (tertiary/aromatic N) is 2. The normalized spacial score (nSPS) is 18.9. The average molecular weight is 291 g/mol. The lowest BCUT2D eigenvalue weighted by molar-refractivity contribution is -0.123. The molecule has 1 unspecified atom stereocenters. The zero-order chi connectivity index (χ0) is 14.1. The Hall–Kier alpha value is -1.89. The molecule has 1 fully saturated rings. The minimum absolute atomic E-state index is 0.0426. The monoisotopic (exact) mass is 291 g/mol. The largest absolute Gasteiger partial charge is 0.358 e. The minimum atomic E-state index is -0.216. The molecule has 6 nitrogen and oxygen atoms in total. The van der Waals surface area contributed by atoms with Crippen molar-refractivity contribution in [3.05, 3.63) is 10.9 Å². The molecule has 0 spiro atoms. The Morgan fingerprint density at radius 2 is 2.30 bits per heavy atom. The summed E-state index contributed by atoms with van der Waals surface area (Å²) in [6, 6.07) is 1.84. The van der Waals surface area contributed by atoms with Gasteiger partial charge in [-0.2, -0.15) is 4.98 Å². The molecular formula is C13H17N5OS. The summed E-state index contributed by atoms with van der Waals surface area (Å²) >= 11 is 1.63. The van der Waals surface area contributed by atoms with Crippen LogP contribution >= 0.6 is 11.3 Å².